The third kappa shape index (κ3) is 6.65. The van der Waals surface area contributed by atoms with Crippen molar-refractivity contribution in [3.8, 4) is 22.3 Å². The molecule has 0 saturated heterocycles. The highest BCUT2D eigenvalue weighted by Crippen LogP contribution is 2.44. The summed E-state index contributed by atoms with van der Waals surface area (Å²) in [5, 5.41) is 9.94. The van der Waals surface area contributed by atoms with Gasteiger partial charge in [0.15, 0.2) is 0 Å². The quantitative estimate of drug-likeness (QED) is 0.142. The van der Waals surface area contributed by atoms with Gasteiger partial charge in [0.2, 0.25) is 0 Å². The van der Waals surface area contributed by atoms with Gasteiger partial charge in [-0.3, -0.25) is 0 Å². The Hall–Kier alpha value is -7.94. The van der Waals surface area contributed by atoms with E-state index < -0.39 is 0 Å². The minimum Gasteiger partial charge on any atom is -0.310 e. The normalized spacial score (nSPS) is 11.4. The van der Waals surface area contributed by atoms with Gasteiger partial charge < -0.3 is 9.80 Å². The first kappa shape index (κ1) is 36.2. The van der Waals surface area contributed by atoms with E-state index in [0.717, 1.165) is 34.1 Å². The van der Waals surface area contributed by atoms with Gasteiger partial charge in [-0.1, -0.05) is 175 Å². The van der Waals surface area contributed by atoms with E-state index in [1.165, 1.54) is 70.9 Å². The first-order valence-corrected chi connectivity index (χ1v) is 21.0. The number of aryl methyl sites for hydroxylation is 1. The van der Waals surface area contributed by atoms with Gasteiger partial charge in [-0.25, -0.2) is 0 Å². The second-order valence-corrected chi connectivity index (χ2v) is 15.8. The molecule has 0 saturated carbocycles. The zero-order valence-electron chi connectivity index (χ0n) is 33.9. The van der Waals surface area contributed by atoms with E-state index in [4.69, 9.17) is 0 Å². The summed E-state index contributed by atoms with van der Waals surface area (Å²) in [4.78, 5) is 4.78. The minimum absolute atomic E-state index is 1.11. The molecular weight excluding hydrogens is 737 g/mol. The number of benzene rings is 11. The molecule has 0 amide bonds. The number of para-hydroxylation sites is 1. The van der Waals surface area contributed by atoms with Crippen LogP contribution in [0.3, 0.4) is 0 Å². The number of anilines is 6. The lowest BCUT2D eigenvalue weighted by Gasteiger charge is -2.28. The van der Waals surface area contributed by atoms with Crippen molar-refractivity contribution < 1.29 is 0 Å². The average molecular weight is 779 g/mol. The maximum Gasteiger partial charge on any atom is 0.0546 e. The van der Waals surface area contributed by atoms with Crippen molar-refractivity contribution in [2.75, 3.05) is 9.80 Å². The van der Waals surface area contributed by atoms with Crippen molar-refractivity contribution >= 4 is 77.2 Å². The summed E-state index contributed by atoms with van der Waals surface area (Å²) >= 11 is 0. The predicted octanol–water partition coefficient (Wildman–Crippen LogP) is 16.9. The second-order valence-electron chi connectivity index (χ2n) is 15.8. The second kappa shape index (κ2) is 15.3. The highest BCUT2D eigenvalue weighted by molar-refractivity contribution is 6.15. The maximum atomic E-state index is 2.40. The minimum atomic E-state index is 1.11. The fraction of sp³-hybridized carbons (Fsp3) is 0.0169. The highest BCUT2D eigenvalue weighted by atomic mass is 15.1. The standard InChI is InChI=1S/C59H42N2/c1-41-26-32-49(33-27-41)61(59-40-47-15-6-8-21-53(47)55-23-10-12-25-57(55)59)51-36-30-43(31-37-51)45-17-13-16-44(38-45)42-28-34-50(35-29-42)60(48-18-3-2-4-19-48)58-39-46-14-5-7-20-52(46)54-22-9-11-24-56(54)58/h2-40H,1H3. The van der Waals surface area contributed by atoms with Gasteiger partial charge in [-0.2, -0.15) is 0 Å². The van der Waals surface area contributed by atoms with E-state index in [-0.39, 0.29) is 0 Å². The Kier molecular flexibility index (Phi) is 9.09. The van der Waals surface area contributed by atoms with Gasteiger partial charge >= 0.3 is 0 Å². The van der Waals surface area contributed by atoms with Crippen LogP contribution in [0.25, 0.3) is 65.3 Å². The Balaban J connectivity index is 0.949. The molecule has 0 spiro atoms. The number of rotatable bonds is 8. The lowest BCUT2D eigenvalue weighted by Crippen LogP contribution is -2.10. The summed E-state index contributed by atoms with van der Waals surface area (Å²) in [6, 6.07) is 86.1. The van der Waals surface area contributed by atoms with Crippen LogP contribution in [-0.4, -0.2) is 0 Å². The molecule has 0 aromatic heterocycles. The van der Waals surface area contributed by atoms with E-state index in [0.29, 0.717) is 0 Å². The molecule has 61 heavy (non-hydrogen) atoms. The van der Waals surface area contributed by atoms with Crippen LogP contribution in [0.5, 0.6) is 0 Å². The van der Waals surface area contributed by atoms with Crippen LogP contribution >= 0.6 is 0 Å². The molecule has 0 aliphatic rings. The van der Waals surface area contributed by atoms with Gasteiger partial charge in [-0.15, -0.1) is 0 Å². The van der Waals surface area contributed by atoms with Gasteiger partial charge in [0.25, 0.3) is 0 Å². The van der Waals surface area contributed by atoms with Crippen molar-refractivity contribution in [1.82, 2.24) is 0 Å². The topological polar surface area (TPSA) is 6.48 Å². The fourth-order valence-corrected chi connectivity index (χ4v) is 9.05. The van der Waals surface area contributed by atoms with Gasteiger partial charge in [0, 0.05) is 33.5 Å². The zero-order chi connectivity index (χ0) is 40.7. The number of fused-ring (bicyclic) bond motifs is 6. The lowest BCUT2D eigenvalue weighted by molar-refractivity contribution is 1.29. The Morgan fingerprint density at radius 3 is 1.07 bits per heavy atom. The molecule has 0 atom stereocenters. The highest BCUT2D eigenvalue weighted by Gasteiger charge is 2.19. The first-order valence-electron chi connectivity index (χ1n) is 21.0. The summed E-state index contributed by atoms with van der Waals surface area (Å²) < 4.78 is 0. The summed E-state index contributed by atoms with van der Waals surface area (Å²) in [6.07, 6.45) is 0. The molecule has 0 bridgehead atoms. The summed E-state index contributed by atoms with van der Waals surface area (Å²) in [5.74, 6) is 0. The Bertz CT molecular complexity index is 3350. The van der Waals surface area contributed by atoms with E-state index in [9.17, 15) is 0 Å². The summed E-state index contributed by atoms with van der Waals surface area (Å²) in [6.45, 7) is 2.14. The maximum absolute atomic E-state index is 2.40. The molecule has 0 fully saturated rings. The molecule has 0 aliphatic carbocycles. The molecule has 2 nitrogen and oxygen atoms in total. The molecule has 11 rings (SSSR count). The molecule has 11 aromatic rings. The molecule has 0 aliphatic heterocycles. The first-order chi connectivity index (χ1) is 30.2. The zero-order valence-corrected chi connectivity index (χ0v) is 33.9. The van der Waals surface area contributed by atoms with E-state index in [2.05, 4.69) is 253 Å². The van der Waals surface area contributed by atoms with Crippen LogP contribution in [0.15, 0.2) is 237 Å². The molecule has 0 radical (unpaired) electrons. The van der Waals surface area contributed by atoms with Crippen LogP contribution < -0.4 is 9.80 Å². The molecule has 0 N–H and O–H groups in total. The smallest absolute Gasteiger partial charge is 0.0546 e. The van der Waals surface area contributed by atoms with Crippen LogP contribution in [-0.2, 0) is 0 Å². The van der Waals surface area contributed by atoms with E-state index in [1.54, 1.807) is 0 Å². The third-order valence-corrected chi connectivity index (χ3v) is 12.1. The molecule has 0 unspecified atom stereocenters. The molecule has 288 valence electrons. The van der Waals surface area contributed by atoms with Crippen LogP contribution in [0.1, 0.15) is 5.56 Å². The van der Waals surface area contributed by atoms with Gasteiger partial charge in [0.1, 0.15) is 0 Å². The van der Waals surface area contributed by atoms with Crippen molar-refractivity contribution in [3.05, 3.63) is 242 Å². The third-order valence-electron chi connectivity index (χ3n) is 12.1. The summed E-state index contributed by atoms with van der Waals surface area (Å²) in [5.41, 5.74) is 12.7. The van der Waals surface area contributed by atoms with Crippen molar-refractivity contribution in [1.29, 1.82) is 0 Å². The van der Waals surface area contributed by atoms with Crippen molar-refractivity contribution in [2.45, 2.75) is 6.92 Å². The Labute approximate surface area is 356 Å². The average Bonchev–Trinajstić information content (AvgIpc) is 3.33. The predicted molar refractivity (Wildman–Crippen MR) is 261 cm³/mol. The van der Waals surface area contributed by atoms with Gasteiger partial charge in [-0.05, 0) is 128 Å². The Morgan fingerprint density at radius 2 is 0.607 bits per heavy atom. The Morgan fingerprint density at radius 1 is 0.246 bits per heavy atom. The largest absolute Gasteiger partial charge is 0.310 e. The van der Waals surface area contributed by atoms with Crippen LogP contribution in [0, 0.1) is 6.92 Å². The van der Waals surface area contributed by atoms with Crippen LogP contribution in [0.2, 0.25) is 0 Å². The van der Waals surface area contributed by atoms with E-state index >= 15 is 0 Å². The van der Waals surface area contributed by atoms with E-state index in [1.807, 2.05) is 0 Å². The molecule has 0 heterocycles. The summed E-state index contributed by atoms with van der Waals surface area (Å²) in [7, 11) is 0. The van der Waals surface area contributed by atoms with Crippen LogP contribution in [0.4, 0.5) is 34.1 Å². The molecular formula is C59H42N2. The number of hydrogen-bond donors (Lipinski definition) is 0. The monoisotopic (exact) mass is 778 g/mol. The molecule has 2 heteroatoms. The number of nitrogens with zero attached hydrogens (tertiary/aromatic N) is 2. The SMILES string of the molecule is Cc1ccc(N(c2ccc(-c3cccc(-c4ccc(N(c5ccccc5)c5cc6ccccc6c6ccccc56)cc4)c3)cc2)c2cc3ccccc3c3ccccc23)cc1. The molecule has 11 aromatic carbocycles. The van der Waals surface area contributed by atoms with Gasteiger partial charge in [0.05, 0.1) is 11.4 Å². The van der Waals surface area contributed by atoms with Crippen molar-refractivity contribution in [2.24, 2.45) is 0 Å². The lowest BCUT2D eigenvalue weighted by atomic mass is 9.97. The van der Waals surface area contributed by atoms with Crippen molar-refractivity contribution in [3.63, 3.8) is 0 Å². The number of hydrogen-bond acceptors (Lipinski definition) is 2. The fourth-order valence-electron chi connectivity index (χ4n) is 9.05.